The lowest BCUT2D eigenvalue weighted by atomic mass is 9.81. The number of hydrazone groups is 1. The zero-order chi connectivity index (χ0) is 29.6. The molecular formula is C30H28N4O7. The SMILES string of the molecule is CCOC(=O)C1(C)C(C(=O)C(=O)Nc2ccccc2)/C(=N/NC(=O)c2ccc(OC)cc2)C(=O)N1c1ccccc1. The Balaban J connectivity index is 1.80. The largest absolute Gasteiger partial charge is 0.497 e. The summed E-state index contributed by atoms with van der Waals surface area (Å²) < 4.78 is 10.4. The molecule has 3 aromatic rings. The standard InChI is InChI=1S/C30H28N4O7/c1-4-41-29(39)30(2)23(25(35)27(37)31-20-11-7-5-8-12-20)24(28(38)34(30)21-13-9-6-10-14-21)32-33-26(36)19-15-17-22(40-3)18-16-19/h5-18,23H,4H2,1-3H3,(H,31,37)(H,33,36)/b32-24-. The molecule has 41 heavy (non-hydrogen) atoms. The quantitative estimate of drug-likeness (QED) is 0.234. The summed E-state index contributed by atoms with van der Waals surface area (Å²) in [6, 6.07) is 22.5. The minimum Gasteiger partial charge on any atom is -0.497 e. The molecule has 1 aliphatic heterocycles. The van der Waals surface area contributed by atoms with Gasteiger partial charge in [-0.15, -0.1) is 0 Å². The summed E-state index contributed by atoms with van der Waals surface area (Å²) in [6.07, 6.45) is 0. The number of benzene rings is 3. The predicted octanol–water partition coefficient (Wildman–Crippen LogP) is 2.97. The number of carbonyl (C=O) groups is 5. The second-order valence-electron chi connectivity index (χ2n) is 9.13. The highest BCUT2D eigenvalue weighted by molar-refractivity contribution is 6.58. The van der Waals surface area contributed by atoms with Gasteiger partial charge in [-0.25, -0.2) is 10.2 Å². The Hall–Kier alpha value is -5.32. The molecule has 11 nitrogen and oxygen atoms in total. The van der Waals surface area contributed by atoms with Crippen molar-refractivity contribution in [1.29, 1.82) is 0 Å². The molecule has 1 fully saturated rings. The Labute approximate surface area is 236 Å². The Morgan fingerprint density at radius 3 is 2.12 bits per heavy atom. The van der Waals surface area contributed by atoms with Crippen LogP contribution in [0.2, 0.25) is 0 Å². The normalized spacial score (nSPS) is 19.0. The van der Waals surface area contributed by atoms with Crippen LogP contribution in [0.15, 0.2) is 90.0 Å². The number of nitrogens with one attached hydrogen (secondary N) is 2. The third kappa shape index (κ3) is 5.69. The number of nitrogens with zero attached hydrogens (tertiary/aromatic N) is 2. The van der Waals surface area contributed by atoms with E-state index in [-0.39, 0.29) is 17.9 Å². The van der Waals surface area contributed by atoms with Crippen LogP contribution in [-0.4, -0.2) is 54.4 Å². The van der Waals surface area contributed by atoms with Gasteiger partial charge in [0.2, 0.25) is 5.78 Å². The van der Waals surface area contributed by atoms with Crippen molar-refractivity contribution in [3.63, 3.8) is 0 Å². The summed E-state index contributed by atoms with van der Waals surface area (Å²) in [5, 5.41) is 6.51. The van der Waals surface area contributed by atoms with Gasteiger partial charge in [-0.05, 0) is 62.4 Å². The molecule has 0 bridgehead atoms. The van der Waals surface area contributed by atoms with Crippen molar-refractivity contribution in [3.8, 4) is 5.75 Å². The number of amides is 3. The third-order valence-corrected chi connectivity index (χ3v) is 6.57. The third-order valence-electron chi connectivity index (χ3n) is 6.57. The number of hydrogen-bond acceptors (Lipinski definition) is 8. The molecule has 0 saturated carbocycles. The van der Waals surface area contributed by atoms with Crippen molar-refractivity contribution in [2.75, 3.05) is 23.9 Å². The maximum atomic E-state index is 13.9. The average Bonchev–Trinajstić information content (AvgIpc) is 3.22. The fourth-order valence-electron chi connectivity index (χ4n) is 4.55. The van der Waals surface area contributed by atoms with E-state index in [2.05, 4.69) is 15.8 Å². The number of Topliss-reactive ketones (excluding diaryl/α,β-unsaturated/α-hetero) is 1. The molecule has 1 heterocycles. The molecule has 2 N–H and O–H groups in total. The van der Waals surface area contributed by atoms with E-state index in [1.807, 2.05) is 0 Å². The molecule has 11 heteroatoms. The summed E-state index contributed by atoms with van der Waals surface area (Å²) in [6.45, 7) is 2.86. The second kappa shape index (κ2) is 12.2. The highest BCUT2D eigenvalue weighted by atomic mass is 16.5. The minimum atomic E-state index is -2.01. The Kier molecular flexibility index (Phi) is 8.57. The van der Waals surface area contributed by atoms with Crippen LogP contribution in [0.1, 0.15) is 24.2 Å². The van der Waals surface area contributed by atoms with Gasteiger partial charge in [-0.2, -0.15) is 5.10 Å². The van der Waals surface area contributed by atoms with Gasteiger partial charge in [0.15, 0.2) is 5.54 Å². The topological polar surface area (TPSA) is 143 Å². The van der Waals surface area contributed by atoms with Crippen LogP contribution in [0.25, 0.3) is 0 Å². The highest BCUT2D eigenvalue weighted by Crippen LogP contribution is 2.40. The summed E-state index contributed by atoms with van der Waals surface area (Å²) in [5.41, 5.74) is 0.567. The Bertz CT molecular complexity index is 1490. The van der Waals surface area contributed by atoms with E-state index in [9.17, 15) is 24.0 Å². The lowest BCUT2D eigenvalue weighted by Gasteiger charge is -2.35. The van der Waals surface area contributed by atoms with Gasteiger partial charge in [0.1, 0.15) is 17.4 Å². The van der Waals surface area contributed by atoms with Crippen molar-refractivity contribution < 1.29 is 33.4 Å². The number of esters is 1. The number of carbonyl (C=O) groups excluding carboxylic acids is 5. The van der Waals surface area contributed by atoms with E-state index in [1.54, 1.807) is 79.7 Å². The number of rotatable bonds is 9. The lowest BCUT2D eigenvalue weighted by molar-refractivity contribution is -0.152. The molecule has 3 amide bonds. The van der Waals surface area contributed by atoms with Gasteiger partial charge in [0.25, 0.3) is 17.7 Å². The van der Waals surface area contributed by atoms with Crippen molar-refractivity contribution in [1.82, 2.24) is 5.43 Å². The van der Waals surface area contributed by atoms with E-state index in [0.29, 0.717) is 11.4 Å². The van der Waals surface area contributed by atoms with Crippen molar-refractivity contribution in [2.45, 2.75) is 19.4 Å². The Morgan fingerprint density at radius 2 is 1.54 bits per heavy atom. The summed E-state index contributed by atoms with van der Waals surface area (Å²) in [7, 11) is 1.48. The molecule has 2 atom stereocenters. The molecule has 0 aromatic heterocycles. The maximum absolute atomic E-state index is 13.9. The van der Waals surface area contributed by atoms with Crippen LogP contribution in [0.4, 0.5) is 11.4 Å². The van der Waals surface area contributed by atoms with Crippen LogP contribution in [-0.2, 0) is 23.9 Å². The number of anilines is 2. The van der Waals surface area contributed by atoms with E-state index in [4.69, 9.17) is 9.47 Å². The molecule has 0 aliphatic carbocycles. The van der Waals surface area contributed by atoms with Gasteiger partial charge in [-0.1, -0.05) is 36.4 Å². The number of methoxy groups -OCH3 is 1. The maximum Gasteiger partial charge on any atom is 0.333 e. The molecule has 3 aromatic carbocycles. The van der Waals surface area contributed by atoms with Crippen molar-refractivity contribution >= 4 is 46.6 Å². The average molecular weight is 557 g/mol. The van der Waals surface area contributed by atoms with Crippen molar-refractivity contribution in [2.24, 2.45) is 11.0 Å². The van der Waals surface area contributed by atoms with Crippen molar-refractivity contribution in [3.05, 3.63) is 90.5 Å². The first-order valence-corrected chi connectivity index (χ1v) is 12.7. The van der Waals surface area contributed by atoms with Crippen LogP contribution < -0.4 is 20.4 Å². The first-order valence-electron chi connectivity index (χ1n) is 12.7. The van der Waals surface area contributed by atoms with Gasteiger partial charge in [0, 0.05) is 16.9 Å². The van der Waals surface area contributed by atoms with Gasteiger partial charge in [0.05, 0.1) is 13.7 Å². The molecule has 0 spiro atoms. The smallest absolute Gasteiger partial charge is 0.333 e. The number of ether oxygens (including phenoxy) is 2. The second-order valence-corrected chi connectivity index (χ2v) is 9.13. The predicted molar refractivity (Wildman–Crippen MR) is 150 cm³/mol. The molecule has 0 radical (unpaired) electrons. The monoisotopic (exact) mass is 556 g/mol. The molecule has 2 unspecified atom stereocenters. The van der Waals surface area contributed by atoms with E-state index in [0.717, 1.165) is 4.90 Å². The summed E-state index contributed by atoms with van der Waals surface area (Å²) in [4.78, 5) is 68.3. The van der Waals surface area contributed by atoms with Gasteiger partial charge in [-0.3, -0.25) is 24.1 Å². The van der Waals surface area contributed by atoms with Crippen LogP contribution in [0.3, 0.4) is 0 Å². The number of para-hydroxylation sites is 2. The van der Waals surface area contributed by atoms with Gasteiger partial charge >= 0.3 is 5.97 Å². The van der Waals surface area contributed by atoms with Crippen LogP contribution >= 0.6 is 0 Å². The molecule has 210 valence electrons. The molecule has 4 rings (SSSR count). The van der Waals surface area contributed by atoms with Crippen LogP contribution in [0.5, 0.6) is 5.75 Å². The van der Waals surface area contributed by atoms with E-state index >= 15 is 0 Å². The first kappa shape index (κ1) is 28.7. The fraction of sp³-hybridized carbons (Fsp3) is 0.200. The van der Waals surface area contributed by atoms with E-state index in [1.165, 1.54) is 26.2 Å². The zero-order valence-electron chi connectivity index (χ0n) is 22.6. The lowest BCUT2D eigenvalue weighted by Crippen LogP contribution is -2.57. The molecule has 1 saturated heterocycles. The number of hydrogen-bond donors (Lipinski definition) is 2. The fourth-order valence-corrected chi connectivity index (χ4v) is 4.55. The van der Waals surface area contributed by atoms with Crippen LogP contribution in [0, 0.1) is 5.92 Å². The van der Waals surface area contributed by atoms with E-state index < -0.39 is 46.6 Å². The molecule has 1 aliphatic rings. The molecular weight excluding hydrogens is 528 g/mol. The highest BCUT2D eigenvalue weighted by Gasteiger charge is 2.64. The summed E-state index contributed by atoms with van der Waals surface area (Å²) >= 11 is 0. The summed E-state index contributed by atoms with van der Waals surface area (Å²) in [5.74, 6) is -5.86. The number of ketones is 1. The van der Waals surface area contributed by atoms with Gasteiger partial charge < -0.3 is 14.8 Å². The minimum absolute atomic E-state index is 0.0525. The zero-order valence-corrected chi connectivity index (χ0v) is 22.6. The Morgan fingerprint density at radius 1 is 0.927 bits per heavy atom. The first-order chi connectivity index (χ1) is 19.7.